The third kappa shape index (κ3) is 7.60. The van der Waals surface area contributed by atoms with E-state index in [2.05, 4.69) is 95.6 Å². The molecular weight excluding hydrogens is 629 g/mol. The highest BCUT2D eigenvalue weighted by Crippen LogP contribution is 2.55. The van der Waals surface area contributed by atoms with E-state index in [4.69, 9.17) is 9.47 Å². The zero-order valence-corrected chi connectivity index (χ0v) is 28.7. The van der Waals surface area contributed by atoms with E-state index in [9.17, 15) is 9.90 Å². The number of hydrogen-bond donors (Lipinski definition) is 3. The van der Waals surface area contributed by atoms with Crippen LogP contribution < -0.4 is 10.6 Å². The Balaban J connectivity index is 0.919. The third-order valence-electron chi connectivity index (χ3n) is 11.1. The van der Waals surface area contributed by atoms with E-state index in [1.165, 1.54) is 24.2 Å². The zero-order valence-electron chi connectivity index (χ0n) is 27.9. The minimum atomic E-state index is -0.491. The number of thioether (sulfide) groups is 1. The first kappa shape index (κ1) is 32.6. The summed E-state index contributed by atoms with van der Waals surface area (Å²) >= 11 is 1.80. The van der Waals surface area contributed by atoms with Crippen molar-refractivity contribution in [3.8, 4) is 11.1 Å². The molecular formula is C42H46N2O4S. The molecule has 4 aliphatic carbocycles. The van der Waals surface area contributed by atoms with Crippen LogP contribution in [0.2, 0.25) is 0 Å². The van der Waals surface area contributed by atoms with Crippen molar-refractivity contribution >= 4 is 17.8 Å². The molecule has 4 saturated carbocycles. The van der Waals surface area contributed by atoms with Gasteiger partial charge in [0, 0.05) is 34.7 Å². The Morgan fingerprint density at radius 3 is 2.12 bits per heavy atom. The third-order valence-corrected chi connectivity index (χ3v) is 12.3. The maximum atomic E-state index is 13.1. The van der Waals surface area contributed by atoms with E-state index in [-0.39, 0.29) is 30.4 Å². The number of carbonyl (C=O) groups excluding carboxylic acids is 1. The smallest absolute Gasteiger partial charge is 0.315 e. The van der Waals surface area contributed by atoms with Crippen LogP contribution in [0.15, 0.2) is 108 Å². The molecule has 49 heavy (non-hydrogen) atoms. The standard InChI is InChI=1S/C42H46N2O4S/c45-26-28-9-11-34(12-10-28)39-21-37(27-49-38-7-2-1-3-8-38)47-40(48-39)35-15-13-33(14-16-35)36-6-4-5-29(20-36)25-43-41(46)44-42-22-30-17-31(23-42)19-32(18-30)24-42/h1-16,20,30-32,37,39-40,45H,17-19,21-27H2,(H2,43,44,46)/t30?,31?,32?,37-,39+,40+,42?/m1/s1. The topological polar surface area (TPSA) is 79.8 Å². The first-order valence-electron chi connectivity index (χ1n) is 17.9. The molecule has 4 aromatic rings. The van der Waals surface area contributed by atoms with Crippen molar-refractivity contribution in [1.29, 1.82) is 0 Å². The molecule has 1 saturated heterocycles. The van der Waals surface area contributed by atoms with Crippen molar-refractivity contribution in [2.45, 2.75) is 87.0 Å². The highest BCUT2D eigenvalue weighted by Gasteiger charge is 2.51. The molecule has 0 unspecified atom stereocenters. The van der Waals surface area contributed by atoms with Crippen LogP contribution in [0.4, 0.5) is 4.79 Å². The van der Waals surface area contributed by atoms with Crippen LogP contribution in [-0.4, -0.2) is 28.5 Å². The lowest BCUT2D eigenvalue weighted by Crippen LogP contribution is -2.61. The van der Waals surface area contributed by atoms with Gasteiger partial charge in [0.05, 0.1) is 18.8 Å². The van der Waals surface area contributed by atoms with Gasteiger partial charge in [-0.05, 0) is 102 Å². The second kappa shape index (κ2) is 14.3. The second-order valence-corrected chi connectivity index (χ2v) is 15.9. The second-order valence-electron chi connectivity index (χ2n) is 14.8. The molecule has 2 amide bonds. The molecule has 0 spiro atoms. The van der Waals surface area contributed by atoms with Crippen LogP contribution in [0, 0.1) is 17.8 Å². The van der Waals surface area contributed by atoms with Gasteiger partial charge in [-0.1, -0.05) is 84.9 Å². The predicted octanol–water partition coefficient (Wildman–Crippen LogP) is 8.95. The molecule has 5 aliphatic rings. The first-order valence-corrected chi connectivity index (χ1v) is 18.9. The maximum Gasteiger partial charge on any atom is 0.315 e. The minimum absolute atomic E-state index is 0.00970. The number of nitrogens with one attached hydrogen (secondary N) is 2. The van der Waals surface area contributed by atoms with E-state index in [1.54, 1.807) is 11.8 Å². The quantitative estimate of drug-likeness (QED) is 0.146. The number of urea groups is 1. The number of carbonyl (C=O) groups is 1. The van der Waals surface area contributed by atoms with Gasteiger partial charge in [0.1, 0.15) is 0 Å². The number of aliphatic hydroxyl groups excluding tert-OH is 1. The summed E-state index contributed by atoms with van der Waals surface area (Å²) in [5.41, 5.74) is 6.26. The summed E-state index contributed by atoms with van der Waals surface area (Å²) in [6, 6.07) is 35.3. The van der Waals surface area contributed by atoms with Gasteiger partial charge in [-0.2, -0.15) is 0 Å². The van der Waals surface area contributed by atoms with Gasteiger partial charge in [-0.3, -0.25) is 0 Å². The molecule has 4 aromatic carbocycles. The van der Waals surface area contributed by atoms with E-state index in [0.717, 1.165) is 82.6 Å². The number of benzene rings is 4. The molecule has 6 nitrogen and oxygen atoms in total. The molecule has 0 aromatic heterocycles. The normalized spacial score (nSPS) is 28.7. The maximum absolute atomic E-state index is 13.1. The van der Waals surface area contributed by atoms with Crippen LogP contribution in [-0.2, 0) is 22.6 Å². The Morgan fingerprint density at radius 2 is 1.43 bits per heavy atom. The fourth-order valence-corrected chi connectivity index (χ4v) is 10.1. The SMILES string of the molecule is O=C(NCc1cccc(-c2ccc([C@H]3O[C@@H](CSc4ccccc4)C[C@@H](c4ccc(CO)cc4)O3)cc2)c1)NC12CC3CC(CC(C3)C1)C2. The van der Waals surface area contributed by atoms with Crippen molar-refractivity contribution in [2.24, 2.45) is 17.8 Å². The predicted molar refractivity (Wildman–Crippen MR) is 194 cm³/mol. The van der Waals surface area contributed by atoms with Gasteiger partial charge in [0.15, 0.2) is 6.29 Å². The van der Waals surface area contributed by atoms with Crippen molar-refractivity contribution in [3.63, 3.8) is 0 Å². The summed E-state index contributed by atoms with van der Waals surface area (Å²) in [4.78, 5) is 14.3. The van der Waals surface area contributed by atoms with Crippen LogP contribution in [0.25, 0.3) is 11.1 Å². The Labute approximate surface area is 294 Å². The van der Waals surface area contributed by atoms with Gasteiger partial charge in [-0.15, -0.1) is 11.8 Å². The molecule has 9 rings (SSSR count). The molecule has 5 fully saturated rings. The molecule has 3 N–H and O–H groups in total. The van der Waals surface area contributed by atoms with Crippen molar-refractivity contribution < 1.29 is 19.4 Å². The van der Waals surface area contributed by atoms with E-state index in [1.807, 2.05) is 18.2 Å². The Kier molecular flexibility index (Phi) is 9.52. The number of amides is 2. The monoisotopic (exact) mass is 674 g/mol. The van der Waals surface area contributed by atoms with E-state index < -0.39 is 6.29 Å². The summed E-state index contributed by atoms with van der Waals surface area (Å²) in [7, 11) is 0. The summed E-state index contributed by atoms with van der Waals surface area (Å²) in [6.07, 6.45) is 7.73. The van der Waals surface area contributed by atoms with Crippen LogP contribution in [0.5, 0.6) is 0 Å². The van der Waals surface area contributed by atoms with Crippen LogP contribution in [0.1, 0.15) is 79.6 Å². The Bertz CT molecular complexity index is 1690. The number of rotatable bonds is 10. The lowest BCUT2D eigenvalue weighted by atomic mass is 9.53. The largest absolute Gasteiger partial charge is 0.392 e. The Morgan fingerprint density at radius 1 is 0.735 bits per heavy atom. The molecule has 254 valence electrons. The summed E-state index contributed by atoms with van der Waals surface area (Å²) in [6.45, 7) is 0.521. The van der Waals surface area contributed by atoms with Gasteiger partial charge < -0.3 is 25.2 Å². The lowest BCUT2D eigenvalue weighted by Gasteiger charge is -2.56. The van der Waals surface area contributed by atoms with Crippen molar-refractivity contribution in [1.82, 2.24) is 10.6 Å². The van der Waals surface area contributed by atoms with E-state index >= 15 is 0 Å². The zero-order chi connectivity index (χ0) is 33.2. The molecule has 7 heteroatoms. The number of ether oxygens (including phenoxy) is 2. The highest BCUT2D eigenvalue weighted by atomic mass is 32.2. The first-order chi connectivity index (χ1) is 24.0. The molecule has 3 atom stereocenters. The van der Waals surface area contributed by atoms with Crippen molar-refractivity contribution in [3.05, 3.63) is 125 Å². The van der Waals surface area contributed by atoms with E-state index in [0.29, 0.717) is 6.54 Å². The average molecular weight is 675 g/mol. The highest BCUT2D eigenvalue weighted by molar-refractivity contribution is 7.99. The Hall–Kier alpha value is -3.62. The summed E-state index contributed by atoms with van der Waals surface area (Å²) in [5, 5.41) is 16.1. The van der Waals surface area contributed by atoms with Crippen LogP contribution in [0.3, 0.4) is 0 Å². The summed E-state index contributed by atoms with van der Waals surface area (Å²) < 4.78 is 13.1. The molecule has 1 heterocycles. The van der Waals surface area contributed by atoms with Crippen LogP contribution >= 0.6 is 11.8 Å². The average Bonchev–Trinajstić information content (AvgIpc) is 3.13. The van der Waals surface area contributed by atoms with Gasteiger partial charge in [-0.25, -0.2) is 4.79 Å². The molecule has 1 aliphatic heterocycles. The lowest BCUT2D eigenvalue weighted by molar-refractivity contribution is -0.245. The van der Waals surface area contributed by atoms with Gasteiger partial charge >= 0.3 is 6.03 Å². The fourth-order valence-electron chi connectivity index (χ4n) is 9.15. The molecule has 4 bridgehead atoms. The fraction of sp³-hybridized carbons (Fsp3) is 0.405. The molecule has 0 radical (unpaired) electrons. The number of aliphatic hydroxyl groups is 1. The minimum Gasteiger partial charge on any atom is -0.392 e. The number of hydrogen-bond acceptors (Lipinski definition) is 5. The summed E-state index contributed by atoms with van der Waals surface area (Å²) in [5.74, 6) is 3.24. The van der Waals surface area contributed by atoms with Gasteiger partial charge in [0.2, 0.25) is 0 Å². The van der Waals surface area contributed by atoms with Crippen molar-refractivity contribution in [2.75, 3.05) is 5.75 Å². The van der Waals surface area contributed by atoms with Gasteiger partial charge in [0.25, 0.3) is 0 Å².